The van der Waals surface area contributed by atoms with Crippen molar-refractivity contribution in [3.8, 4) is 0 Å². The third kappa shape index (κ3) is 1.71. The van der Waals surface area contributed by atoms with E-state index < -0.39 is 0 Å². The SMILES string of the molecule is C1CCC2C(C1)CC1C2CCC2C3CCCCC3NC21. The minimum atomic E-state index is 0.917. The van der Waals surface area contributed by atoms with Gasteiger partial charge in [0.25, 0.3) is 0 Å². The minimum Gasteiger partial charge on any atom is -0.310 e. The quantitative estimate of drug-likeness (QED) is 0.691. The van der Waals surface area contributed by atoms with Crippen LogP contribution in [0.15, 0.2) is 0 Å². The van der Waals surface area contributed by atoms with Gasteiger partial charge < -0.3 is 5.32 Å². The Hall–Kier alpha value is -0.0400. The summed E-state index contributed by atoms with van der Waals surface area (Å²) in [6.45, 7) is 0. The van der Waals surface area contributed by atoms with Crippen LogP contribution in [0.25, 0.3) is 0 Å². The van der Waals surface area contributed by atoms with E-state index in [0.717, 1.165) is 47.6 Å². The highest BCUT2D eigenvalue weighted by atomic mass is 15.0. The van der Waals surface area contributed by atoms with E-state index in [-0.39, 0.29) is 0 Å². The van der Waals surface area contributed by atoms with Gasteiger partial charge in [0.1, 0.15) is 0 Å². The minimum absolute atomic E-state index is 0.917. The summed E-state index contributed by atoms with van der Waals surface area (Å²) >= 11 is 0. The van der Waals surface area contributed by atoms with Crippen molar-refractivity contribution in [1.82, 2.24) is 5.32 Å². The zero-order chi connectivity index (χ0) is 13.1. The molecule has 0 aromatic carbocycles. The smallest absolute Gasteiger partial charge is 0.0132 e. The van der Waals surface area contributed by atoms with Crippen molar-refractivity contribution in [1.29, 1.82) is 0 Å². The van der Waals surface area contributed by atoms with Crippen molar-refractivity contribution in [3.63, 3.8) is 0 Å². The van der Waals surface area contributed by atoms with Gasteiger partial charge >= 0.3 is 0 Å². The van der Waals surface area contributed by atoms with Gasteiger partial charge in [0.05, 0.1) is 0 Å². The molecular weight excluding hydrogens is 242 g/mol. The molecule has 5 fully saturated rings. The zero-order valence-corrected chi connectivity index (χ0v) is 12.9. The molecule has 4 aliphatic carbocycles. The molecule has 5 aliphatic rings. The van der Waals surface area contributed by atoms with Gasteiger partial charge in [-0.1, -0.05) is 32.1 Å². The molecule has 1 N–H and O–H groups in total. The molecule has 0 amide bonds. The molecule has 1 heterocycles. The highest BCUT2D eigenvalue weighted by Crippen LogP contribution is 2.58. The van der Waals surface area contributed by atoms with E-state index in [2.05, 4.69) is 5.32 Å². The first-order chi connectivity index (χ1) is 9.92. The predicted molar refractivity (Wildman–Crippen MR) is 82.4 cm³/mol. The molecular formula is C19H31N. The van der Waals surface area contributed by atoms with Crippen LogP contribution in [0.1, 0.15) is 70.6 Å². The van der Waals surface area contributed by atoms with Crippen LogP contribution in [0.2, 0.25) is 0 Å². The van der Waals surface area contributed by atoms with Crippen LogP contribution in [0.4, 0.5) is 0 Å². The maximum atomic E-state index is 4.18. The summed E-state index contributed by atoms with van der Waals surface area (Å²) in [5, 5.41) is 4.18. The molecule has 1 aliphatic heterocycles. The van der Waals surface area contributed by atoms with Crippen LogP contribution < -0.4 is 5.32 Å². The van der Waals surface area contributed by atoms with Gasteiger partial charge in [0.2, 0.25) is 0 Å². The first kappa shape index (κ1) is 12.5. The fraction of sp³-hybridized carbons (Fsp3) is 1.00. The third-order valence-electron chi connectivity index (χ3n) is 8.17. The molecule has 0 spiro atoms. The maximum absolute atomic E-state index is 4.18. The van der Waals surface area contributed by atoms with E-state index in [4.69, 9.17) is 0 Å². The Morgan fingerprint density at radius 2 is 1.30 bits per heavy atom. The lowest BCUT2D eigenvalue weighted by Crippen LogP contribution is -2.43. The van der Waals surface area contributed by atoms with Gasteiger partial charge in [-0.3, -0.25) is 0 Å². The van der Waals surface area contributed by atoms with Crippen molar-refractivity contribution in [2.45, 2.75) is 82.7 Å². The second-order valence-electron chi connectivity index (χ2n) is 8.76. The van der Waals surface area contributed by atoms with Crippen molar-refractivity contribution < 1.29 is 0 Å². The summed E-state index contributed by atoms with van der Waals surface area (Å²) in [7, 11) is 0. The molecule has 0 bridgehead atoms. The van der Waals surface area contributed by atoms with E-state index >= 15 is 0 Å². The van der Waals surface area contributed by atoms with Gasteiger partial charge in [0, 0.05) is 12.1 Å². The van der Waals surface area contributed by atoms with Crippen LogP contribution >= 0.6 is 0 Å². The fourth-order valence-corrected chi connectivity index (χ4v) is 7.51. The van der Waals surface area contributed by atoms with Gasteiger partial charge in [-0.15, -0.1) is 0 Å². The Bertz CT molecular complexity index is 342. The molecule has 8 unspecified atom stereocenters. The highest BCUT2D eigenvalue weighted by Gasteiger charge is 2.55. The number of hydrogen-bond donors (Lipinski definition) is 1. The lowest BCUT2D eigenvalue weighted by Gasteiger charge is -2.40. The molecule has 1 saturated heterocycles. The highest BCUT2D eigenvalue weighted by molar-refractivity contribution is 5.09. The van der Waals surface area contributed by atoms with Crippen molar-refractivity contribution in [2.24, 2.45) is 35.5 Å². The van der Waals surface area contributed by atoms with Gasteiger partial charge in [-0.25, -0.2) is 0 Å². The molecule has 1 nitrogen and oxygen atoms in total. The number of nitrogens with one attached hydrogen (secondary N) is 1. The number of fused-ring (bicyclic) bond motifs is 7. The standard InChI is InChI=1S/C19H31N/c1-2-6-13-12(5-1)11-17-14(13)9-10-16-15-7-3-4-8-18(15)20-19(16)17/h12-20H,1-11H2. The average molecular weight is 273 g/mol. The topological polar surface area (TPSA) is 12.0 Å². The van der Waals surface area contributed by atoms with E-state index in [1.807, 2.05) is 0 Å². The fourth-order valence-electron chi connectivity index (χ4n) is 7.51. The molecule has 0 aromatic rings. The molecule has 112 valence electrons. The van der Waals surface area contributed by atoms with Gasteiger partial charge in [-0.2, -0.15) is 0 Å². The molecule has 4 saturated carbocycles. The van der Waals surface area contributed by atoms with E-state index in [1.54, 1.807) is 38.5 Å². The Morgan fingerprint density at radius 3 is 2.25 bits per heavy atom. The third-order valence-corrected chi connectivity index (χ3v) is 8.17. The Kier molecular flexibility index (Phi) is 2.96. The first-order valence-corrected chi connectivity index (χ1v) is 9.68. The molecule has 0 aromatic heterocycles. The lowest BCUT2D eigenvalue weighted by atomic mass is 9.65. The number of rotatable bonds is 0. The van der Waals surface area contributed by atoms with Gasteiger partial charge in [-0.05, 0) is 74.0 Å². The van der Waals surface area contributed by atoms with E-state index in [1.165, 1.54) is 32.1 Å². The second-order valence-corrected chi connectivity index (χ2v) is 8.76. The van der Waals surface area contributed by atoms with Crippen LogP contribution in [0, 0.1) is 35.5 Å². The molecule has 1 heteroatoms. The van der Waals surface area contributed by atoms with Crippen LogP contribution in [0.3, 0.4) is 0 Å². The average Bonchev–Trinajstić information content (AvgIpc) is 3.05. The summed E-state index contributed by atoms with van der Waals surface area (Å²) in [6, 6.07) is 1.85. The molecule has 5 rings (SSSR count). The monoisotopic (exact) mass is 273 g/mol. The van der Waals surface area contributed by atoms with Crippen molar-refractivity contribution in [3.05, 3.63) is 0 Å². The maximum Gasteiger partial charge on any atom is 0.0132 e. The predicted octanol–water partition coefficient (Wildman–Crippen LogP) is 4.37. The Balaban J connectivity index is 1.40. The van der Waals surface area contributed by atoms with E-state index in [9.17, 15) is 0 Å². The van der Waals surface area contributed by atoms with Crippen LogP contribution in [-0.4, -0.2) is 12.1 Å². The lowest BCUT2D eigenvalue weighted by molar-refractivity contribution is 0.118. The largest absolute Gasteiger partial charge is 0.310 e. The summed E-state index contributed by atoms with van der Waals surface area (Å²) in [5.74, 6) is 6.60. The summed E-state index contributed by atoms with van der Waals surface area (Å²) < 4.78 is 0. The van der Waals surface area contributed by atoms with Crippen LogP contribution in [0.5, 0.6) is 0 Å². The van der Waals surface area contributed by atoms with Gasteiger partial charge in [0.15, 0.2) is 0 Å². The first-order valence-electron chi connectivity index (χ1n) is 9.68. The Morgan fingerprint density at radius 1 is 0.550 bits per heavy atom. The normalized spacial score (nSPS) is 57.6. The van der Waals surface area contributed by atoms with Crippen LogP contribution in [-0.2, 0) is 0 Å². The Labute approximate surface area is 124 Å². The second kappa shape index (κ2) is 4.73. The molecule has 0 radical (unpaired) electrons. The number of hydrogen-bond acceptors (Lipinski definition) is 1. The molecule has 8 atom stereocenters. The summed E-state index contributed by atoms with van der Waals surface area (Å²) in [4.78, 5) is 0. The molecule has 20 heavy (non-hydrogen) atoms. The zero-order valence-electron chi connectivity index (χ0n) is 12.9. The summed E-state index contributed by atoms with van der Waals surface area (Å²) in [6.07, 6.45) is 17.0. The van der Waals surface area contributed by atoms with E-state index in [0.29, 0.717) is 0 Å². The van der Waals surface area contributed by atoms with Crippen molar-refractivity contribution in [2.75, 3.05) is 0 Å². The summed E-state index contributed by atoms with van der Waals surface area (Å²) in [5.41, 5.74) is 0. The van der Waals surface area contributed by atoms with Crippen molar-refractivity contribution >= 4 is 0 Å².